The molecule has 126 valence electrons. The fourth-order valence-electron chi connectivity index (χ4n) is 1.74. The third-order valence-electron chi connectivity index (χ3n) is 2.80. The van der Waals surface area contributed by atoms with Crippen LogP contribution in [0.5, 0.6) is 5.75 Å². The van der Waals surface area contributed by atoms with Gasteiger partial charge in [-0.1, -0.05) is 18.2 Å². The Hall–Kier alpha value is -2.55. The number of esters is 1. The largest absolute Gasteiger partial charge is 0.426 e. The second kappa shape index (κ2) is 7.35. The summed E-state index contributed by atoms with van der Waals surface area (Å²) in [5, 5.41) is 10.9. The first-order valence-electron chi connectivity index (χ1n) is 6.51. The van der Waals surface area contributed by atoms with Crippen molar-refractivity contribution in [2.45, 2.75) is 11.1 Å². The number of hydrogen-bond acceptors (Lipinski definition) is 5. The standard InChI is InChI=1S/C15H10F3NO4S/c16-15(17,18)10-6-7-13(12(8-10)19(21)22)24-9-14(20)23-11-4-2-1-3-5-11/h1-8H,9H2. The molecule has 0 fully saturated rings. The van der Waals surface area contributed by atoms with Gasteiger partial charge in [0.25, 0.3) is 5.69 Å². The molecular formula is C15H10F3NO4S. The number of rotatable bonds is 5. The number of halogens is 3. The predicted molar refractivity (Wildman–Crippen MR) is 80.9 cm³/mol. The molecule has 2 rings (SSSR count). The first-order valence-corrected chi connectivity index (χ1v) is 7.50. The molecule has 5 nitrogen and oxygen atoms in total. The lowest BCUT2D eigenvalue weighted by Crippen LogP contribution is -2.11. The van der Waals surface area contributed by atoms with Crippen LogP contribution in [0.2, 0.25) is 0 Å². The lowest BCUT2D eigenvalue weighted by molar-refractivity contribution is -0.388. The molecule has 0 aliphatic heterocycles. The van der Waals surface area contributed by atoms with E-state index in [1.807, 2.05) is 0 Å². The van der Waals surface area contributed by atoms with Crippen molar-refractivity contribution >= 4 is 23.4 Å². The summed E-state index contributed by atoms with van der Waals surface area (Å²) in [6.45, 7) is 0. The number of ether oxygens (including phenoxy) is 1. The topological polar surface area (TPSA) is 69.4 Å². The molecule has 0 amide bonds. The van der Waals surface area contributed by atoms with Crippen LogP contribution >= 0.6 is 11.8 Å². The highest BCUT2D eigenvalue weighted by molar-refractivity contribution is 8.00. The predicted octanol–water partition coefficient (Wildman–Crippen LogP) is 4.31. The number of thioether (sulfide) groups is 1. The Morgan fingerprint density at radius 1 is 1.17 bits per heavy atom. The fraction of sp³-hybridized carbons (Fsp3) is 0.133. The van der Waals surface area contributed by atoms with Gasteiger partial charge in [-0.15, -0.1) is 11.8 Å². The van der Waals surface area contributed by atoms with E-state index in [9.17, 15) is 28.1 Å². The monoisotopic (exact) mass is 357 g/mol. The van der Waals surface area contributed by atoms with E-state index in [1.165, 1.54) is 0 Å². The smallest absolute Gasteiger partial charge is 0.416 e. The van der Waals surface area contributed by atoms with Crippen LogP contribution in [0, 0.1) is 10.1 Å². The molecule has 0 atom stereocenters. The van der Waals surface area contributed by atoms with E-state index in [-0.39, 0.29) is 10.6 Å². The van der Waals surface area contributed by atoms with Crippen LogP contribution in [0.25, 0.3) is 0 Å². The summed E-state index contributed by atoms with van der Waals surface area (Å²) in [7, 11) is 0. The molecule has 0 aliphatic rings. The minimum atomic E-state index is -4.68. The summed E-state index contributed by atoms with van der Waals surface area (Å²) in [4.78, 5) is 21.7. The van der Waals surface area contributed by atoms with Gasteiger partial charge in [0.1, 0.15) is 5.75 Å². The zero-order valence-electron chi connectivity index (χ0n) is 11.9. The van der Waals surface area contributed by atoms with Crippen LogP contribution in [-0.4, -0.2) is 16.6 Å². The van der Waals surface area contributed by atoms with E-state index in [0.29, 0.717) is 11.8 Å². The molecular weight excluding hydrogens is 347 g/mol. The van der Waals surface area contributed by atoms with Gasteiger partial charge in [-0.2, -0.15) is 13.2 Å². The summed E-state index contributed by atoms with van der Waals surface area (Å²) in [5.74, 6) is -0.633. The average Bonchev–Trinajstić information content (AvgIpc) is 2.52. The normalized spacial score (nSPS) is 11.1. The van der Waals surface area contributed by atoms with Crippen molar-refractivity contribution < 1.29 is 27.6 Å². The molecule has 0 heterocycles. The van der Waals surface area contributed by atoms with Crippen molar-refractivity contribution in [3.8, 4) is 5.75 Å². The summed E-state index contributed by atoms with van der Waals surface area (Å²) in [5.41, 5.74) is -1.83. The zero-order valence-corrected chi connectivity index (χ0v) is 12.8. The van der Waals surface area contributed by atoms with Gasteiger partial charge < -0.3 is 4.74 Å². The molecule has 2 aromatic rings. The third kappa shape index (κ3) is 4.72. The fourth-order valence-corrected chi connectivity index (χ4v) is 2.52. The van der Waals surface area contributed by atoms with Gasteiger partial charge in [0, 0.05) is 6.07 Å². The molecule has 0 N–H and O–H groups in total. The van der Waals surface area contributed by atoms with Crippen LogP contribution in [0.3, 0.4) is 0 Å². The van der Waals surface area contributed by atoms with Crippen molar-refractivity contribution in [1.29, 1.82) is 0 Å². The summed E-state index contributed by atoms with van der Waals surface area (Å²) in [6, 6.07) is 10.3. The number of nitro benzene ring substituents is 1. The molecule has 0 saturated heterocycles. The third-order valence-corrected chi connectivity index (χ3v) is 3.84. The first-order chi connectivity index (χ1) is 11.3. The molecule has 0 aliphatic carbocycles. The maximum Gasteiger partial charge on any atom is 0.416 e. The Labute approximate surface area is 138 Å². The second-order valence-electron chi connectivity index (χ2n) is 4.51. The van der Waals surface area contributed by atoms with Crippen LogP contribution < -0.4 is 4.74 Å². The van der Waals surface area contributed by atoms with Crippen LogP contribution in [0.15, 0.2) is 53.4 Å². The number of nitro groups is 1. The number of carbonyl (C=O) groups excluding carboxylic acids is 1. The van der Waals surface area contributed by atoms with Gasteiger partial charge in [0.2, 0.25) is 0 Å². The van der Waals surface area contributed by atoms with Gasteiger partial charge in [-0.25, -0.2) is 0 Å². The molecule has 0 spiro atoms. The molecule has 0 radical (unpaired) electrons. The van der Waals surface area contributed by atoms with E-state index < -0.39 is 28.3 Å². The highest BCUT2D eigenvalue weighted by Crippen LogP contribution is 2.36. The van der Waals surface area contributed by atoms with Crippen LogP contribution in [0.1, 0.15) is 5.56 Å². The van der Waals surface area contributed by atoms with Gasteiger partial charge in [-0.3, -0.25) is 14.9 Å². The summed E-state index contributed by atoms with van der Waals surface area (Å²) < 4.78 is 42.9. The van der Waals surface area contributed by atoms with Crippen LogP contribution in [0.4, 0.5) is 18.9 Å². The SMILES string of the molecule is O=C(CSc1ccc(C(F)(F)F)cc1[N+](=O)[O-])Oc1ccccc1. The molecule has 0 aromatic heterocycles. The van der Waals surface area contributed by atoms with E-state index in [4.69, 9.17) is 4.74 Å². The molecule has 24 heavy (non-hydrogen) atoms. The van der Waals surface area contributed by atoms with Crippen molar-refractivity contribution in [2.24, 2.45) is 0 Å². The maximum absolute atomic E-state index is 12.6. The molecule has 0 saturated carbocycles. The Morgan fingerprint density at radius 3 is 2.42 bits per heavy atom. The highest BCUT2D eigenvalue weighted by Gasteiger charge is 2.33. The Balaban J connectivity index is 2.09. The minimum Gasteiger partial charge on any atom is -0.426 e. The molecule has 9 heteroatoms. The number of nitrogens with zero attached hydrogens (tertiary/aromatic N) is 1. The van der Waals surface area contributed by atoms with Crippen LogP contribution in [-0.2, 0) is 11.0 Å². The summed E-state index contributed by atoms with van der Waals surface area (Å²) >= 11 is 0.739. The lowest BCUT2D eigenvalue weighted by Gasteiger charge is -2.08. The highest BCUT2D eigenvalue weighted by atomic mass is 32.2. The number of benzene rings is 2. The van der Waals surface area contributed by atoms with E-state index in [0.717, 1.165) is 23.9 Å². The van der Waals surface area contributed by atoms with Crippen molar-refractivity contribution in [1.82, 2.24) is 0 Å². The van der Waals surface area contributed by atoms with Crippen molar-refractivity contribution in [3.63, 3.8) is 0 Å². The quantitative estimate of drug-likeness (QED) is 0.262. The Bertz CT molecular complexity index is 750. The maximum atomic E-state index is 12.6. The molecule has 0 bridgehead atoms. The van der Waals surface area contributed by atoms with Gasteiger partial charge in [0.05, 0.1) is 21.1 Å². The van der Waals surface area contributed by atoms with Crippen molar-refractivity contribution in [3.05, 3.63) is 64.2 Å². The molecule has 2 aromatic carbocycles. The number of para-hydroxylation sites is 1. The second-order valence-corrected chi connectivity index (χ2v) is 5.53. The number of alkyl halides is 3. The first kappa shape index (κ1) is 17.8. The average molecular weight is 357 g/mol. The number of hydrogen-bond donors (Lipinski definition) is 0. The lowest BCUT2D eigenvalue weighted by atomic mass is 10.2. The van der Waals surface area contributed by atoms with E-state index >= 15 is 0 Å². The number of carbonyl (C=O) groups is 1. The van der Waals surface area contributed by atoms with Gasteiger partial charge in [0.15, 0.2) is 0 Å². The van der Waals surface area contributed by atoms with E-state index in [1.54, 1.807) is 30.3 Å². The van der Waals surface area contributed by atoms with E-state index in [2.05, 4.69) is 0 Å². The summed E-state index contributed by atoms with van der Waals surface area (Å²) in [6.07, 6.45) is -4.68. The van der Waals surface area contributed by atoms with Gasteiger partial charge >= 0.3 is 12.1 Å². The minimum absolute atomic E-state index is 0.0435. The van der Waals surface area contributed by atoms with Gasteiger partial charge in [-0.05, 0) is 24.3 Å². The molecule has 0 unspecified atom stereocenters. The van der Waals surface area contributed by atoms with Crippen molar-refractivity contribution in [2.75, 3.05) is 5.75 Å². The zero-order chi connectivity index (χ0) is 17.7. The Kier molecular flexibility index (Phi) is 5.45. The Morgan fingerprint density at radius 2 is 1.83 bits per heavy atom.